The first kappa shape index (κ1) is 17.6. The summed E-state index contributed by atoms with van der Waals surface area (Å²) >= 11 is 3.03. The van der Waals surface area contributed by atoms with Crippen molar-refractivity contribution in [3.05, 3.63) is 65.7 Å². The number of aromatic nitrogens is 3. The molecule has 6 nitrogen and oxygen atoms in total. The molecule has 0 spiro atoms. The number of nitrogens with zero attached hydrogens (tertiary/aromatic N) is 3. The van der Waals surface area contributed by atoms with E-state index in [9.17, 15) is 0 Å². The van der Waals surface area contributed by atoms with E-state index in [1.807, 2.05) is 60.0 Å². The third kappa shape index (κ3) is 4.47. The topological polar surface area (TPSA) is 73.1 Å². The number of thioether (sulfide) groups is 1. The molecule has 136 valence electrons. The summed E-state index contributed by atoms with van der Waals surface area (Å²) in [6, 6.07) is 17.5. The number of thiazole rings is 1. The molecule has 0 aliphatic carbocycles. The van der Waals surface area contributed by atoms with E-state index in [4.69, 9.17) is 9.15 Å². The predicted molar refractivity (Wildman–Crippen MR) is 108 cm³/mol. The molecule has 8 heteroatoms. The molecule has 0 fully saturated rings. The molecule has 4 rings (SSSR count). The quantitative estimate of drug-likeness (QED) is 0.428. The number of hydrogen-bond donors (Lipinski definition) is 1. The zero-order chi connectivity index (χ0) is 18.5. The number of ether oxygens (including phenoxy) is 1. The molecule has 0 aliphatic rings. The molecule has 2 heterocycles. The van der Waals surface area contributed by atoms with Crippen LogP contribution in [0.2, 0.25) is 0 Å². The van der Waals surface area contributed by atoms with Gasteiger partial charge in [0.2, 0.25) is 5.89 Å². The molecule has 0 saturated heterocycles. The zero-order valence-corrected chi connectivity index (χ0v) is 16.1. The van der Waals surface area contributed by atoms with Crippen LogP contribution in [0.15, 0.2) is 69.6 Å². The van der Waals surface area contributed by atoms with E-state index in [0.29, 0.717) is 16.9 Å². The third-order valence-electron chi connectivity index (χ3n) is 3.66. The average molecular weight is 396 g/mol. The lowest BCUT2D eigenvalue weighted by Gasteiger charge is -2.03. The van der Waals surface area contributed by atoms with E-state index in [0.717, 1.165) is 27.8 Å². The Morgan fingerprint density at radius 1 is 1.07 bits per heavy atom. The molecular weight excluding hydrogens is 380 g/mol. The van der Waals surface area contributed by atoms with Crippen molar-refractivity contribution >= 4 is 33.9 Å². The lowest BCUT2D eigenvalue weighted by atomic mass is 10.2. The molecule has 0 unspecified atom stereocenters. The molecule has 27 heavy (non-hydrogen) atoms. The first-order valence-electron chi connectivity index (χ1n) is 8.17. The van der Waals surface area contributed by atoms with Gasteiger partial charge in [0.15, 0.2) is 5.13 Å². The maximum Gasteiger partial charge on any atom is 0.277 e. The summed E-state index contributed by atoms with van der Waals surface area (Å²) in [5.74, 6) is 2.02. The van der Waals surface area contributed by atoms with Crippen LogP contribution in [0.5, 0.6) is 5.75 Å². The fourth-order valence-electron chi connectivity index (χ4n) is 2.33. The fourth-order valence-corrected chi connectivity index (χ4v) is 3.82. The van der Waals surface area contributed by atoms with Gasteiger partial charge < -0.3 is 14.5 Å². The van der Waals surface area contributed by atoms with E-state index in [1.54, 1.807) is 18.4 Å². The lowest BCUT2D eigenvalue weighted by molar-refractivity contribution is 0.415. The molecule has 2 aromatic heterocycles. The molecule has 0 atom stereocenters. The Kier molecular flexibility index (Phi) is 5.36. The number of benzene rings is 2. The van der Waals surface area contributed by atoms with Crippen LogP contribution in [0.25, 0.3) is 11.5 Å². The second-order valence-electron chi connectivity index (χ2n) is 5.53. The van der Waals surface area contributed by atoms with Gasteiger partial charge in [0.25, 0.3) is 5.22 Å². The van der Waals surface area contributed by atoms with Gasteiger partial charge in [0.05, 0.1) is 12.8 Å². The standard InChI is InChI=1S/C19H16N4O2S2/c1-24-16-9-7-14(8-10-16)20-18-21-15(11-26-18)12-27-19-23-22-17(25-19)13-5-3-2-4-6-13/h2-11H,12H2,1H3,(H,20,21). The third-order valence-corrected chi connectivity index (χ3v) is 5.32. The average Bonchev–Trinajstić information content (AvgIpc) is 3.37. The SMILES string of the molecule is COc1ccc(Nc2nc(CSc3nnc(-c4ccccc4)o3)cs2)cc1. The second-order valence-corrected chi connectivity index (χ2v) is 7.31. The summed E-state index contributed by atoms with van der Waals surface area (Å²) < 4.78 is 10.9. The van der Waals surface area contributed by atoms with Crippen molar-refractivity contribution in [2.24, 2.45) is 0 Å². The lowest BCUT2D eigenvalue weighted by Crippen LogP contribution is -1.90. The maximum atomic E-state index is 5.70. The van der Waals surface area contributed by atoms with Crippen molar-refractivity contribution in [2.75, 3.05) is 12.4 Å². The van der Waals surface area contributed by atoms with Crippen LogP contribution in [0, 0.1) is 0 Å². The van der Waals surface area contributed by atoms with Crippen molar-refractivity contribution in [1.29, 1.82) is 0 Å². The van der Waals surface area contributed by atoms with Crippen LogP contribution >= 0.6 is 23.1 Å². The summed E-state index contributed by atoms with van der Waals surface area (Å²) in [7, 11) is 1.65. The first-order chi connectivity index (χ1) is 13.3. The molecule has 2 aromatic carbocycles. The van der Waals surface area contributed by atoms with Crippen LogP contribution in [0.1, 0.15) is 5.69 Å². The molecule has 4 aromatic rings. The van der Waals surface area contributed by atoms with Crippen molar-refractivity contribution < 1.29 is 9.15 Å². The van der Waals surface area contributed by atoms with Gasteiger partial charge in [-0.3, -0.25) is 0 Å². The number of anilines is 2. The Bertz CT molecular complexity index is 1000. The van der Waals surface area contributed by atoms with Crippen LogP contribution in [-0.2, 0) is 5.75 Å². The smallest absolute Gasteiger partial charge is 0.277 e. The van der Waals surface area contributed by atoms with Gasteiger partial charge >= 0.3 is 0 Å². The summed E-state index contributed by atoms with van der Waals surface area (Å²) in [5.41, 5.74) is 2.84. The highest BCUT2D eigenvalue weighted by Crippen LogP contribution is 2.28. The van der Waals surface area contributed by atoms with Crippen LogP contribution in [0.4, 0.5) is 10.8 Å². The first-order valence-corrected chi connectivity index (χ1v) is 10.0. The number of hydrogen-bond acceptors (Lipinski definition) is 8. The normalized spacial score (nSPS) is 10.7. The van der Waals surface area contributed by atoms with Gasteiger partial charge in [-0.05, 0) is 36.4 Å². The van der Waals surface area contributed by atoms with E-state index >= 15 is 0 Å². The highest BCUT2D eigenvalue weighted by atomic mass is 32.2. The van der Waals surface area contributed by atoms with Gasteiger partial charge in [0, 0.05) is 22.4 Å². The predicted octanol–water partition coefficient (Wildman–Crippen LogP) is 5.24. The minimum absolute atomic E-state index is 0.526. The molecular formula is C19H16N4O2S2. The van der Waals surface area contributed by atoms with Gasteiger partial charge in [-0.1, -0.05) is 30.0 Å². The van der Waals surface area contributed by atoms with E-state index in [2.05, 4.69) is 20.5 Å². The Morgan fingerprint density at radius 3 is 2.67 bits per heavy atom. The van der Waals surface area contributed by atoms with Gasteiger partial charge in [-0.15, -0.1) is 21.5 Å². The minimum Gasteiger partial charge on any atom is -0.497 e. The van der Waals surface area contributed by atoms with E-state index < -0.39 is 0 Å². The summed E-state index contributed by atoms with van der Waals surface area (Å²) in [6.07, 6.45) is 0. The van der Waals surface area contributed by atoms with Gasteiger partial charge in [-0.2, -0.15) is 0 Å². The van der Waals surface area contributed by atoms with Crippen molar-refractivity contribution in [1.82, 2.24) is 15.2 Å². The monoisotopic (exact) mass is 396 g/mol. The molecule has 0 bridgehead atoms. The molecule has 1 N–H and O–H groups in total. The minimum atomic E-state index is 0.526. The van der Waals surface area contributed by atoms with Crippen molar-refractivity contribution in [3.63, 3.8) is 0 Å². The molecule has 0 aliphatic heterocycles. The van der Waals surface area contributed by atoms with Crippen LogP contribution in [0.3, 0.4) is 0 Å². The van der Waals surface area contributed by atoms with E-state index in [-0.39, 0.29) is 0 Å². The fraction of sp³-hybridized carbons (Fsp3) is 0.105. The van der Waals surface area contributed by atoms with Crippen molar-refractivity contribution in [2.45, 2.75) is 11.0 Å². The Morgan fingerprint density at radius 2 is 1.89 bits per heavy atom. The molecule has 0 saturated carbocycles. The number of rotatable bonds is 7. The number of nitrogens with one attached hydrogen (secondary N) is 1. The second kappa shape index (κ2) is 8.24. The Balaban J connectivity index is 1.35. The summed E-state index contributed by atoms with van der Waals surface area (Å²) in [4.78, 5) is 4.59. The van der Waals surface area contributed by atoms with E-state index in [1.165, 1.54) is 11.8 Å². The Labute approximate surface area is 164 Å². The van der Waals surface area contributed by atoms with Crippen LogP contribution < -0.4 is 10.1 Å². The molecule has 0 radical (unpaired) electrons. The highest BCUT2D eigenvalue weighted by molar-refractivity contribution is 7.98. The largest absolute Gasteiger partial charge is 0.497 e. The van der Waals surface area contributed by atoms with Gasteiger partial charge in [-0.25, -0.2) is 4.98 Å². The number of methoxy groups -OCH3 is 1. The van der Waals surface area contributed by atoms with Crippen molar-refractivity contribution in [3.8, 4) is 17.2 Å². The molecule has 0 amide bonds. The zero-order valence-electron chi connectivity index (χ0n) is 14.5. The summed E-state index contributed by atoms with van der Waals surface area (Å²) in [6.45, 7) is 0. The van der Waals surface area contributed by atoms with Crippen LogP contribution in [-0.4, -0.2) is 22.3 Å². The highest BCUT2D eigenvalue weighted by Gasteiger charge is 2.10. The Hall–Kier alpha value is -2.84. The maximum absolute atomic E-state index is 5.70. The summed E-state index contributed by atoms with van der Waals surface area (Å²) in [5, 5.41) is 14.9. The van der Waals surface area contributed by atoms with Gasteiger partial charge in [0.1, 0.15) is 5.75 Å².